The molecule has 0 amide bonds. The quantitative estimate of drug-likeness (QED) is 0.801. The van der Waals surface area contributed by atoms with E-state index in [4.69, 9.17) is 9.15 Å². The molecule has 2 aromatic rings. The number of hydrogen-bond acceptors (Lipinski definition) is 5. The van der Waals surface area contributed by atoms with Gasteiger partial charge in [-0.3, -0.25) is 0 Å². The van der Waals surface area contributed by atoms with Crippen molar-refractivity contribution in [3.05, 3.63) is 29.7 Å². The topological polar surface area (TPSA) is 52.3 Å². The number of carbonyl (C=O) groups excluding carboxylic acids is 1. The van der Waals surface area contributed by atoms with Crippen molar-refractivity contribution in [3.63, 3.8) is 0 Å². The van der Waals surface area contributed by atoms with Crippen LogP contribution in [0.25, 0.3) is 10.6 Å². The Morgan fingerprint density at radius 2 is 2.32 bits per heavy atom. The van der Waals surface area contributed by atoms with Crippen LogP contribution >= 0.6 is 11.3 Å². The van der Waals surface area contributed by atoms with Gasteiger partial charge in [0.05, 0.1) is 6.26 Å². The van der Waals surface area contributed by atoms with Crippen LogP contribution in [0.3, 0.4) is 0 Å². The van der Waals surface area contributed by atoms with Crippen LogP contribution in [0, 0.1) is 5.92 Å². The van der Waals surface area contributed by atoms with Crippen LogP contribution in [0.5, 0.6) is 0 Å². The summed E-state index contributed by atoms with van der Waals surface area (Å²) in [6.45, 7) is 0. The van der Waals surface area contributed by atoms with Gasteiger partial charge in [0, 0.05) is 10.9 Å². The van der Waals surface area contributed by atoms with Gasteiger partial charge in [-0.25, -0.2) is 9.78 Å². The minimum Gasteiger partial charge on any atom is -0.472 e. The molecule has 5 heteroatoms. The minimum atomic E-state index is -0.282. The third-order valence-corrected chi connectivity index (χ3v) is 4.73. The Hall–Kier alpha value is -1.62. The minimum absolute atomic E-state index is 0.142. The van der Waals surface area contributed by atoms with Crippen molar-refractivity contribution in [3.8, 4) is 10.6 Å². The van der Waals surface area contributed by atoms with Crippen LogP contribution < -0.4 is 0 Å². The lowest BCUT2D eigenvalue weighted by Gasteiger charge is -2.14. The van der Waals surface area contributed by atoms with Crippen LogP contribution in [0.2, 0.25) is 0 Å². The zero-order valence-corrected chi connectivity index (χ0v) is 11.1. The molecule has 0 bridgehead atoms. The Balaban J connectivity index is 1.51. The first-order valence-corrected chi connectivity index (χ1v) is 7.36. The summed E-state index contributed by atoms with van der Waals surface area (Å²) in [5, 5.41) is 2.55. The van der Waals surface area contributed by atoms with Crippen LogP contribution in [0.4, 0.5) is 0 Å². The Kier molecular flexibility index (Phi) is 2.33. The maximum atomic E-state index is 12.1. The fraction of sp³-hybridized carbons (Fsp3) is 0.429. The highest BCUT2D eigenvalue weighted by Gasteiger charge is 2.57. The van der Waals surface area contributed by atoms with Gasteiger partial charge < -0.3 is 9.15 Å². The number of esters is 1. The Bertz CT molecular complexity index is 608. The summed E-state index contributed by atoms with van der Waals surface area (Å²) in [5.41, 5.74) is 1.16. The lowest BCUT2D eigenvalue weighted by molar-refractivity contribution is 0.0154. The molecule has 98 valence electrons. The zero-order valence-electron chi connectivity index (χ0n) is 10.3. The number of ether oxygens (including phenoxy) is 1. The zero-order chi connectivity index (χ0) is 12.9. The van der Waals surface area contributed by atoms with Gasteiger partial charge in [-0.2, -0.15) is 0 Å². The number of carbonyl (C=O) groups is 1. The van der Waals surface area contributed by atoms with E-state index in [0.717, 1.165) is 23.4 Å². The maximum absolute atomic E-state index is 12.1. The molecular formula is C14H13NO3S. The second-order valence-electron chi connectivity index (χ2n) is 5.28. The number of aromatic nitrogens is 1. The summed E-state index contributed by atoms with van der Waals surface area (Å²) in [5.74, 6) is 0.318. The normalized spacial score (nSPS) is 20.2. The van der Waals surface area contributed by atoms with Gasteiger partial charge in [0.25, 0.3) is 0 Å². The van der Waals surface area contributed by atoms with Crippen LogP contribution in [-0.4, -0.2) is 16.6 Å². The van der Waals surface area contributed by atoms with Crippen molar-refractivity contribution in [2.75, 3.05) is 0 Å². The Morgan fingerprint density at radius 1 is 1.47 bits per heavy atom. The van der Waals surface area contributed by atoms with E-state index < -0.39 is 0 Å². The molecule has 2 aliphatic carbocycles. The van der Waals surface area contributed by atoms with Crippen LogP contribution in [0.1, 0.15) is 36.2 Å². The Morgan fingerprint density at radius 3 is 2.95 bits per heavy atom. The van der Waals surface area contributed by atoms with Crippen molar-refractivity contribution in [2.45, 2.75) is 31.3 Å². The highest BCUT2D eigenvalue weighted by molar-refractivity contribution is 7.13. The molecule has 2 aliphatic rings. The molecule has 2 aromatic heterocycles. The molecule has 0 atom stereocenters. The predicted octanol–water partition coefficient (Wildman–Crippen LogP) is 3.50. The summed E-state index contributed by atoms with van der Waals surface area (Å²) >= 11 is 1.43. The molecule has 19 heavy (non-hydrogen) atoms. The third-order valence-electron chi connectivity index (χ3n) is 3.84. The average molecular weight is 275 g/mol. The Labute approximate surface area is 114 Å². The van der Waals surface area contributed by atoms with E-state index in [1.807, 2.05) is 6.07 Å². The number of rotatable bonds is 4. The van der Waals surface area contributed by atoms with Gasteiger partial charge in [-0.1, -0.05) is 0 Å². The molecule has 0 spiro atoms. The summed E-state index contributed by atoms with van der Waals surface area (Å²) < 4.78 is 10.7. The van der Waals surface area contributed by atoms with E-state index in [2.05, 4.69) is 4.98 Å². The lowest BCUT2D eigenvalue weighted by Crippen LogP contribution is -2.22. The second-order valence-corrected chi connectivity index (χ2v) is 6.14. The second kappa shape index (κ2) is 3.93. The number of thiazole rings is 1. The summed E-state index contributed by atoms with van der Waals surface area (Å²) in [7, 11) is 0. The fourth-order valence-electron chi connectivity index (χ4n) is 2.45. The van der Waals surface area contributed by atoms with E-state index in [0.29, 0.717) is 11.6 Å². The van der Waals surface area contributed by atoms with E-state index in [9.17, 15) is 4.79 Å². The number of furan rings is 1. The number of hydrogen-bond donors (Lipinski definition) is 0. The fourth-order valence-corrected chi connectivity index (χ4v) is 3.22. The van der Waals surface area contributed by atoms with Crippen molar-refractivity contribution >= 4 is 17.3 Å². The molecule has 2 fully saturated rings. The third kappa shape index (κ3) is 1.98. The van der Waals surface area contributed by atoms with Gasteiger partial charge in [-0.05, 0) is 37.7 Å². The highest BCUT2D eigenvalue weighted by atomic mass is 32.1. The molecule has 4 nitrogen and oxygen atoms in total. The van der Waals surface area contributed by atoms with E-state index >= 15 is 0 Å². The summed E-state index contributed by atoms with van der Waals surface area (Å²) in [6, 6.07) is 1.83. The molecule has 0 aromatic carbocycles. The highest BCUT2D eigenvalue weighted by Crippen LogP contribution is 2.56. The van der Waals surface area contributed by atoms with E-state index in [1.165, 1.54) is 24.2 Å². The first-order valence-electron chi connectivity index (χ1n) is 6.48. The molecule has 4 rings (SSSR count). The SMILES string of the molecule is O=C(OC1(C2CC2)CC1)c1csc(-c2ccoc2)n1. The largest absolute Gasteiger partial charge is 0.472 e. The van der Waals surface area contributed by atoms with Gasteiger partial charge in [0.15, 0.2) is 5.69 Å². The van der Waals surface area contributed by atoms with Crippen molar-refractivity contribution in [2.24, 2.45) is 5.92 Å². The first-order chi connectivity index (χ1) is 9.27. The van der Waals surface area contributed by atoms with Crippen molar-refractivity contribution < 1.29 is 13.9 Å². The van der Waals surface area contributed by atoms with Crippen LogP contribution in [-0.2, 0) is 4.74 Å². The first kappa shape index (κ1) is 11.2. The molecule has 0 radical (unpaired) electrons. The molecule has 0 saturated heterocycles. The van der Waals surface area contributed by atoms with Gasteiger partial charge in [-0.15, -0.1) is 11.3 Å². The maximum Gasteiger partial charge on any atom is 0.358 e. The average Bonchev–Trinajstić information content (AvgIpc) is 3.28. The van der Waals surface area contributed by atoms with Gasteiger partial charge >= 0.3 is 5.97 Å². The lowest BCUT2D eigenvalue weighted by atomic mass is 10.2. The molecule has 2 saturated carbocycles. The summed E-state index contributed by atoms with van der Waals surface area (Å²) in [6.07, 6.45) is 7.65. The van der Waals surface area contributed by atoms with Crippen molar-refractivity contribution in [1.29, 1.82) is 0 Å². The molecular weight excluding hydrogens is 262 g/mol. The molecule has 2 heterocycles. The standard InChI is InChI=1S/C14H13NO3S/c16-13(18-14(4-5-14)10-1-2-10)11-8-19-12(15-11)9-3-6-17-7-9/h3,6-8,10H,1-2,4-5H2. The smallest absolute Gasteiger partial charge is 0.358 e. The monoisotopic (exact) mass is 275 g/mol. The molecule has 0 N–H and O–H groups in total. The van der Waals surface area contributed by atoms with E-state index in [1.54, 1.807) is 17.9 Å². The van der Waals surface area contributed by atoms with Crippen LogP contribution in [0.15, 0.2) is 28.4 Å². The molecule has 0 unspecified atom stereocenters. The van der Waals surface area contributed by atoms with E-state index in [-0.39, 0.29) is 11.6 Å². The van der Waals surface area contributed by atoms with Gasteiger partial charge in [0.2, 0.25) is 0 Å². The number of nitrogens with zero attached hydrogens (tertiary/aromatic N) is 1. The predicted molar refractivity (Wildman–Crippen MR) is 69.9 cm³/mol. The van der Waals surface area contributed by atoms with Gasteiger partial charge in [0.1, 0.15) is 16.9 Å². The molecule has 0 aliphatic heterocycles. The van der Waals surface area contributed by atoms with Crippen molar-refractivity contribution in [1.82, 2.24) is 4.98 Å². The summed E-state index contributed by atoms with van der Waals surface area (Å²) in [4.78, 5) is 16.4.